The van der Waals surface area contributed by atoms with Gasteiger partial charge in [0.25, 0.3) is 6.71 Å². The van der Waals surface area contributed by atoms with Gasteiger partial charge in [0, 0.05) is 51.2 Å². The number of hydrogen-bond donors (Lipinski definition) is 0. The maximum atomic E-state index is 2.49. The van der Waals surface area contributed by atoms with Crippen molar-refractivity contribution >= 4 is 74.3 Å². The lowest BCUT2D eigenvalue weighted by Gasteiger charge is -2.44. The van der Waals surface area contributed by atoms with Gasteiger partial charge >= 0.3 is 0 Å². The summed E-state index contributed by atoms with van der Waals surface area (Å²) in [7, 11) is 0. The fourth-order valence-corrected chi connectivity index (χ4v) is 8.05. The van der Waals surface area contributed by atoms with Gasteiger partial charge in [0.15, 0.2) is 0 Å². The van der Waals surface area contributed by atoms with Crippen LogP contribution in [0.1, 0.15) is 30.9 Å². The maximum absolute atomic E-state index is 2.49. The molecule has 246 valence electrons. The highest BCUT2D eigenvalue weighted by Gasteiger charge is 2.43. The minimum atomic E-state index is 0.0835. The van der Waals surface area contributed by atoms with E-state index in [1.54, 1.807) is 0 Å². The number of benzene rings is 7. The molecule has 0 N–H and O–H groups in total. The molecule has 9 rings (SSSR count). The summed E-state index contributed by atoms with van der Waals surface area (Å²) in [5.41, 5.74) is 17.2. The van der Waals surface area contributed by atoms with Crippen LogP contribution in [0.2, 0.25) is 0 Å². The van der Waals surface area contributed by atoms with Gasteiger partial charge < -0.3 is 14.7 Å². The van der Waals surface area contributed by atoms with Gasteiger partial charge in [-0.05, 0) is 121 Å². The molecule has 3 nitrogen and oxygen atoms in total. The van der Waals surface area contributed by atoms with Gasteiger partial charge in [-0.2, -0.15) is 0 Å². The van der Waals surface area contributed by atoms with Crippen molar-refractivity contribution in [2.75, 3.05) is 14.7 Å². The van der Waals surface area contributed by atoms with Crippen LogP contribution >= 0.6 is 0 Å². The van der Waals surface area contributed by atoms with E-state index in [4.69, 9.17) is 0 Å². The van der Waals surface area contributed by atoms with Crippen molar-refractivity contribution in [2.24, 2.45) is 0 Å². The second-order valence-corrected chi connectivity index (χ2v) is 13.7. The van der Waals surface area contributed by atoms with Crippen molar-refractivity contribution in [3.8, 4) is 0 Å². The van der Waals surface area contributed by atoms with Gasteiger partial charge in [0.05, 0.1) is 0 Å². The Bertz CT molecular complexity index is 2280. The Morgan fingerprint density at radius 2 is 1.04 bits per heavy atom. The summed E-state index contributed by atoms with van der Waals surface area (Å²) in [6.45, 7) is 4.50. The molecule has 0 spiro atoms. The quantitative estimate of drug-likeness (QED) is 0.151. The number of aryl methyl sites for hydroxylation is 2. The van der Waals surface area contributed by atoms with Gasteiger partial charge in [0.1, 0.15) is 0 Å². The molecule has 2 aliphatic rings. The molecular weight excluding hydrogens is 617 g/mol. The van der Waals surface area contributed by atoms with Gasteiger partial charge in [-0.3, -0.25) is 0 Å². The molecule has 0 radical (unpaired) electrons. The number of anilines is 9. The van der Waals surface area contributed by atoms with Crippen LogP contribution in [-0.2, 0) is 6.42 Å². The van der Waals surface area contributed by atoms with Crippen molar-refractivity contribution in [1.82, 2.24) is 0 Å². The second kappa shape index (κ2) is 13.0. The third-order valence-electron chi connectivity index (χ3n) is 10.5. The number of unbranched alkanes of at least 4 members (excludes halogenated alkanes) is 1. The molecule has 0 fully saturated rings. The molecule has 7 aromatic carbocycles. The van der Waals surface area contributed by atoms with Crippen LogP contribution < -0.4 is 31.1 Å². The number of rotatable bonds is 8. The van der Waals surface area contributed by atoms with Crippen LogP contribution in [0.3, 0.4) is 0 Å². The monoisotopic (exact) mass is 657 g/mol. The van der Waals surface area contributed by atoms with Gasteiger partial charge in [0.2, 0.25) is 0 Å². The average molecular weight is 658 g/mol. The zero-order valence-corrected chi connectivity index (χ0v) is 29.2. The maximum Gasteiger partial charge on any atom is 0.252 e. The molecule has 51 heavy (non-hydrogen) atoms. The molecule has 0 atom stereocenters. The average Bonchev–Trinajstić information content (AvgIpc) is 3.19. The first-order valence-corrected chi connectivity index (χ1v) is 18.2. The lowest BCUT2D eigenvalue weighted by atomic mass is 9.33. The number of hydrogen-bond acceptors (Lipinski definition) is 3. The Morgan fingerprint density at radius 3 is 1.69 bits per heavy atom. The predicted octanol–water partition coefficient (Wildman–Crippen LogP) is 10.9. The molecule has 0 bridgehead atoms. The lowest BCUT2D eigenvalue weighted by molar-refractivity contribution is 0.795. The predicted molar refractivity (Wildman–Crippen MR) is 218 cm³/mol. The summed E-state index contributed by atoms with van der Waals surface area (Å²) in [5.74, 6) is 0. The van der Waals surface area contributed by atoms with E-state index in [1.165, 1.54) is 68.8 Å². The molecule has 2 heterocycles. The van der Waals surface area contributed by atoms with Crippen LogP contribution in [0.25, 0.3) is 0 Å². The molecule has 2 aliphatic heterocycles. The van der Waals surface area contributed by atoms with Crippen molar-refractivity contribution in [2.45, 2.75) is 33.1 Å². The van der Waals surface area contributed by atoms with E-state index in [0.29, 0.717) is 0 Å². The van der Waals surface area contributed by atoms with E-state index in [-0.39, 0.29) is 6.71 Å². The highest BCUT2D eigenvalue weighted by Crippen LogP contribution is 2.45. The zero-order chi connectivity index (χ0) is 34.3. The highest BCUT2D eigenvalue weighted by molar-refractivity contribution is 7.00. The molecule has 4 heteroatoms. The van der Waals surface area contributed by atoms with E-state index >= 15 is 0 Å². The van der Waals surface area contributed by atoms with E-state index in [9.17, 15) is 0 Å². The summed E-state index contributed by atoms with van der Waals surface area (Å²) in [6, 6.07) is 62.6. The smallest absolute Gasteiger partial charge is 0.252 e. The molecular formula is C47H40BN3. The number of nitrogens with zero attached hydrogens (tertiary/aromatic N) is 3. The van der Waals surface area contributed by atoms with Crippen molar-refractivity contribution < 1.29 is 0 Å². The minimum Gasteiger partial charge on any atom is -0.311 e. The SMILES string of the molecule is CCCCc1ccc(N2c3ccccc3B3c4ccc(N(c5ccccc5)c5ccccc5)cc4N(c4ccc(C)cc4)c4cccc2c43)cc1. The Morgan fingerprint density at radius 1 is 0.490 bits per heavy atom. The van der Waals surface area contributed by atoms with Crippen LogP contribution in [0, 0.1) is 6.92 Å². The molecule has 0 saturated heterocycles. The van der Waals surface area contributed by atoms with E-state index in [2.05, 4.69) is 198 Å². The first-order chi connectivity index (χ1) is 25.2. The van der Waals surface area contributed by atoms with E-state index in [1.807, 2.05) is 0 Å². The van der Waals surface area contributed by atoms with Crippen LogP contribution in [-0.4, -0.2) is 6.71 Å². The Hall–Kier alpha value is -6.00. The van der Waals surface area contributed by atoms with Crippen LogP contribution in [0.15, 0.2) is 170 Å². The normalized spacial score (nSPS) is 12.6. The Labute approximate surface area is 302 Å². The zero-order valence-electron chi connectivity index (χ0n) is 29.2. The van der Waals surface area contributed by atoms with Crippen molar-refractivity contribution in [3.05, 3.63) is 181 Å². The summed E-state index contributed by atoms with van der Waals surface area (Å²) in [4.78, 5) is 7.33. The number of fused-ring (bicyclic) bond motifs is 4. The van der Waals surface area contributed by atoms with Crippen molar-refractivity contribution in [1.29, 1.82) is 0 Å². The fraction of sp³-hybridized carbons (Fsp3) is 0.106. The molecule has 0 aliphatic carbocycles. The standard InChI is InChI=1S/C47H40BN3/c1-3-4-14-35-25-29-39(30-26-35)50-43-20-12-11-19-41(43)48-42-32-31-40(49(36-15-7-5-8-16-36)37-17-9-6-10-18-37)33-46(42)51(38-27-23-34(2)24-28-38)45-22-13-21-44(50)47(45)48/h5-13,15-33H,3-4,14H2,1-2H3. The van der Waals surface area contributed by atoms with Gasteiger partial charge in [-0.15, -0.1) is 0 Å². The molecule has 0 aromatic heterocycles. The first-order valence-electron chi connectivity index (χ1n) is 18.2. The Kier molecular flexibility index (Phi) is 7.93. The lowest BCUT2D eigenvalue weighted by Crippen LogP contribution is -2.61. The van der Waals surface area contributed by atoms with E-state index < -0.39 is 0 Å². The second-order valence-electron chi connectivity index (χ2n) is 13.7. The number of para-hydroxylation sites is 3. The third kappa shape index (κ3) is 5.39. The topological polar surface area (TPSA) is 9.72 Å². The summed E-state index contributed by atoms with van der Waals surface area (Å²) < 4.78 is 0. The van der Waals surface area contributed by atoms with Crippen LogP contribution in [0.4, 0.5) is 51.2 Å². The molecule has 0 amide bonds. The fourth-order valence-electron chi connectivity index (χ4n) is 8.05. The summed E-state index contributed by atoms with van der Waals surface area (Å²) in [5, 5.41) is 0. The minimum absolute atomic E-state index is 0.0835. The molecule has 0 unspecified atom stereocenters. The molecule has 7 aromatic rings. The van der Waals surface area contributed by atoms with Crippen molar-refractivity contribution in [3.63, 3.8) is 0 Å². The van der Waals surface area contributed by atoms with Crippen LogP contribution in [0.5, 0.6) is 0 Å². The summed E-state index contributed by atoms with van der Waals surface area (Å²) >= 11 is 0. The molecule has 0 saturated carbocycles. The largest absolute Gasteiger partial charge is 0.311 e. The Balaban J connectivity index is 1.27. The van der Waals surface area contributed by atoms with Gasteiger partial charge in [-0.25, -0.2) is 0 Å². The first kappa shape index (κ1) is 31.0. The van der Waals surface area contributed by atoms with E-state index in [0.717, 1.165) is 29.2 Å². The van der Waals surface area contributed by atoms with Gasteiger partial charge in [-0.1, -0.05) is 110 Å². The summed E-state index contributed by atoms with van der Waals surface area (Å²) in [6.07, 6.45) is 3.53. The highest BCUT2D eigenvalue weighted by atomic mass is 15.2. The third-order valence-corrected chi connectivity index (χ3v) is 10.5.